The lowest BCUT2D eigenvalue weighted by molar-refractivity contribution is 0.213. The smallest absolute Gasteiger partial charge is 0.00114 e. The number of likely N-dealkylation sites (N-methyl/N-ethyl adjacent to an activating group) is 1. The van der Waals surface area contributed by atoms with Crippen LogP contribution >= 0.6 is 0 Å². The van der Waals surface area contributed by atoms with E-state index in [4.69, 9.17) is 0 Å². The van der Waals surface area contributed by atoms with Crippen molar-refractivity contribution in [1.29, 1.82) is 0 Å². The number of benzene rings is 1. The predicted octanol–water partition coefficient (Wildman–Crippen LogP) is 4.06. The van der Waals surface area contributed by atoms with E-state index in [1.165, 1.54) is 44.5 Å². The number of hydrogen-bond donors (Lipinski definition) is 1. The minimum atomic E-state index is 0.784. The summed E-state index contributed by atoms with van der Waals surface area (Å²) in [5, 5.41) is 3.21. The molecule has 1 aliphatic heterocycles. The van der Waals surface area contributed by atoms with Crippen LogP contribution in [0.15, 0.2) is 24.3 Å². The number of hydrogen-bond acceptors (Lipinski definition) is 2. The molecule has 0 atom stereocenters. The molecule has 120 valence electrons. The van der Waals surface area contributed by atoms with Crippen molar-refractivity contribution < 1.29 is 0 Å². The average molecular weight is 290 g/mol. The third-order valence-corrected chi connectivity index (χ3v) is 4.24. The van der Waals surface area contributed by atoms with Gasteiger partial charge < -0.3 is 10.2 Å². The molecule has 0 saturated carbocycles. The van der Waals surface area contributed by atoms with Gasteiger partial charge in [0.2, 0.25) is 0 Å². The molecule has 1 fully saturated rings. The highest BCUT2D eigenvalue weighted by molar-refractivity contribution is 5.26. The van der Waals surface area contributed by atoms with Crippen LogP contribution in [0.4, 0.5) is 0 Å². The Morgan fingerprint density at radius 2 is 1.71 bits per heavy atom. The van der Waals surface area contributed by atoms with Crippen molar-refractivity contribution in [3.8, 4) is 0 Å². The molecular formula is C19H34N2. The predicted molar refractivity (Wildman–Crippen MR) is 94.1 cm³/mol. The Morgan fingerprint density at radius 1 is 1.10 bits per heavy atom. The van der Waals surface area contributed by atoms with Crippen LogP contribution in [-0.4, -0.2) is 38.1 Å². The van der Waals surface area contributed by atoms with Crippen LogP contribution in [0, 0.1) is 0 Å². The van der Waals surface area contributed by atoms with Gasteiger partial charge in [-0.05, 0) is 76.0 Å². The zero-order chi connectivity index (χ0) is 15.5. The van der Waals surface area contributed by atoms with Crippen molar-refractivity contribution in [2.75, 3.05) is 33.2 Å². The molecule has 2 rings (SSSR count). The highest BCUT2D eigenvalue weighted by atomic mass is 15.1. The molecule has 2 nitrogen and oxygen atoms in total. The summed E-state index contributed by atoms with van der Waals surface area (Å²) in [5.74, 6) is 0.784. The Morgan fingerprint density at radius 3 is 2.24 bits per heavy atom. The minimum Gasteiger partial charge on any atom is -0.319 e. The van der Waals surface area contributed by atoms with Crippen LogP contribution in [-0.2, 0) is 6.42 Å². The molecule has 1 aromatic carbocycles. The molecule has 1 aromatic rings. The SMILES string of the molecule is CC.CCCN1CCC(c2ccc(CCNC)cc2)CC1. The van der Waals surface area contributed by atoms with Gasteiger partial charge >= 0.3 is 0 Å². The lowest BCUT2D eigenvalue weighted by atomic mass is 9.89. The second kappa shape index (κ2) is 10.8. The third kappa shape index (κ3) is 6.19. The number of likely N-dealkylation sites (tertiary alicyclic amines) is 1. The summed E-state index contributed by atoms with van der Waals surface area (Å²) in [6.45, 7) is 11.2. The van der Waals surface area contributed by atoms with Gasteiger partial charge in [-0.2, -0.15) is 0 Å². The molecule has 0 amide bonds. The first-order valence-corrected chi connectivity index (χ1v) is 8.79. The van der Waals surface area contributed by atoms with E-state index >= 15 is 0 Å². The third-order valence-electron chi connectivity index (χ3n) is 4.24. The minimum absolute atomic E-state index is 0.784. The lowest BCUT2D eigenvalue weighted by Crippen LogP contribution is -2.33. The van der Waals surface area contributed by atoms with Gasteiger partial charge in [0.1, 0.15) is 0 Å². The Labute approximate surface area is 131 Å². The first-order valence-electron chi connectivity index (χ1n) is 8.79. The quantitative estimate of drug-likeness (QED) is 0.850. The molecule has 1 heterocycles. The summed E-state index contributed by atoms with van der Waals surface area (Å²) in [4.78, 5) is 2.61. The number of piperidine rings is 1. The molecule has 2 heteroatoms. The number of nitrogens with zero attached hydrogens (tertiary/aromatic N) is 1. The highest BCUT2D eigenvalue weighted by Crippen LogP contribution is 2.28. The van der Waals surface area contributed by atoms with Crippen molar-refractivity contribution in [2.24, 2.45) is 0 Å². The Balaban J connectivity index is 0.00000106. The fourth-order valence-electron chi connectivity index (χ4n) is 3.03. The van der Waals surface area contributed by atoms with Crippen LogP contribution < -0.4 is 5.32 Å². The standard InChI is InChI=1S/C17H28N2.C2H6/c1-3-12-19-13-9-17(10-14-19)16-6-4-15(5-7-16)8-11-18-2;1-2/h4-7,17-18H,3,8-14H2,1-2H3;1-2H3. The first kappa shape index (κ1) is 18.2. The maximum absolute atomic E-state index is 3.21. The maximum Gasteiger partial charge on any atom is -0.00114 e. The van der Waals surface area contributed by atoms with E-state index in [9.17, 15) is 0 Å². The normalized spacial score (nSPS) is 16.4. The largest absolute Gasteiger partial charge is 0.319 e. The van der Waals surface area contributed by atoms with Gasteiger partial charge in [0.15, 0.2) is 0 Å². The summed E-state index contributed by atoms with van der Waals surface area (Å²) in [6, 6.07) is 9.33. The van der Waals surface area contributed by atoms with Gasteiger partial charge in [-0.25, -0.2) is 0 Å². The molecule has 21 heavy (non-hydrogen) atoms. The fourth-order valence-corrected chi connectivity index (χ4v) is 3.03. The summed E-state index contributed by atoms with van der Waals surface area (Å²) in [5.41, 5.74) is 2.99. The Hall–Kier alpha value is -0.860. The van der Waals surface area contributed by atoms with Crippen LogP contribution in [0.2, 0.25) is 0 Å². The van der Waals surface area contributed by atoms with E-state index in [0.717, 1.165) is 18.9 Å². The van der Waals surface area contributed by atoms with E-state index in [2.05, 4.69) is 41.4 Å². The number of rotatable bonds is 6. The van der Waals surface area contributed by atoms with Crippen LogP contribution in [0.25, 0.3) is 0 Å². The molecule has 1 saturated heterocycles. The van der Waals surface area contributed by atoms with Gasteiger partial charge in [0.25, 0.3) is 0 Å². The van der Waals surface area contributed by atoms with E-state index < -0.39 is 0 Å². The second-order valence-electron chi connectivity index (χ2n) is 5.71. The lowest BCUT2D eigenvalue weighted by Gasteiger charge is -2.32. The molecule has 0 aliphatic carbocycles. The zero-order valence-electron chi connectivity index (χ0n) is 14.5. The van der Waals surface area contributed by atoms with Crippen LogP contribution in [0.1, 0.15) is 57.1 Å². The molecule has 1 aliphatic rings. The van der Waals surface area contributed by atoms with E-state index in [-0.39, 0.29) is 0 Å². The van der Waals surface area contributed by atoms with E-state index in [1.807, 2.05) is 20.9 Å². The topological polar surface area (TPSA) is 15.3 Å². The molecular weight excluding hydrogens is 256 g/mol. The van der Waals surface area contributed by atoms with E-state index in [0.29, 0.717) is 0 Å². The highest BCUT2D eigenvalue weighted by Gasteiger charge is 2.19. The summed E-state index contributed by atoms with van der Waals surface area (Å²) in [7, 11) is 2.01. The van der Waals surface area contributed by atoms with Crippen LogP contribution in [0.3, 0.4) is 0 Å². The van der Waals surface area contributed by atoms with Gasteiger partial charge in [0, 0.05) is 0 Å². The molecule has 0 spiro atoms. The Bertz CT molecular complexity index is 350. The first-order chi connectivity index (χ1) is 10.3. The average Bonchev–Trinajstić information content (AvgIpc) is 2.56. The van der Waals surface area contributed by atoms with Crippen molar-refractivity contribution in [1.82, 2.24) is 10.2 Å². The van der Waals surface area contributed by atoms with Gasteiger partial charge in [-0.3, -0.25) is 0 Å². The van der Waals surface area contributed by atoms with Gasteiger partial charge in [-0.1, -0.05) is 45.0 Å². The summed E-state index contributed by atoms with van der Waals surface area (Å²) < 4.78 is 0. The van der Waals surface area contributed by atoms with Crippen LogP contribution in [0.5, 0.6) is 0 Å². The molecule has 1 N–H and O–H groups in total. The van der Waals surface area contributed by atoms with Crippen molar-refractivity contribution >= 4 is 0 Å². The van der Waals surface area contributed by atoms with Crippen molar-refractivity contribution in [3.63, 3.8) is 0 Å². The van der Waals surface area contributed by atoms with Gasteiger partial charge in [0.05, 0.1) is 0 Å². The molecule has 0 aromatic heterocycles. The summed E-state index contributed by atoms with van der Waals surface area (Å²) in [6.07, 6.45) is 5.07. The van der Waals surface area contributed by atoms with Crippen molar-refractivity contribution in [2.45, 2.75) is 52.4 Å². The molecule has 0 radical (unpaired) electrons. The molecule has 0 unspecified atom stereocenters. The summed E-state index contributed by atoms with van der Waals surface area (Å²) >= 11 is 0. The second-order valence-corrected chi connectivity index (χ2v) is 5.71. The number of nitrogens with one attached hydrogen (secondary N) is 1. The molecule has 0 bridgehead atoms. The fraction of sp³-hybridized carbons (Fsp3) is 0.684. The Kier molecular flexibility index (Phi) is 9.36. The van der Waals surface area contributed by atoms with Crippen molar-refractivity contribution in [3.05, 3.63) is 35.4 Å². The van der Waals surface area contributed by atoms with Gasteiger partial charge in [-0.15, -0.1) is 0 Å². The van der Waals surface area contributed by atoms with E-state index in [1.54, 1.807) is 5.56 Å². The maximum atomic E-state index is 3.21. The monoisotopic (exact) mass is 290 g/mol. The zero-order valence-corrected chi connectivity index (χ0v) is 14.5.